The van der Waals surface area contributed by atoms with Crippen LogP contribution in [0.3, 0.4) is 0 Å². The van der Waals surface area contributed by atoms with E-state index in [1.54, 1.807) is 25.1 Å². The van der Waals surface area contributed by atoms with Crippen molar-refractivity contribution in [2.75, 3.05) is 17.5 Å². The Hall–Kier alpha value is -3.86. The zero-order valence-corrected chi connectivity index (χ0v) is 19.4. The third-order valence-electron chi connectivity index (χ3n) is 4.67. The quantitative estimate of drug-likeness (QED) is 0.344. The first-order valence-electron chi connectivity index (χ1n) is 10.4. The van der Waals surface area contributed by atoms with Crippen molar-refractivity contribution in [1.82, 2.24) is 5.43 Å². The molecule has 0 unspecified atom stereocenters. The largest absolute Gasteiger partial charge is 0.494 e. The molecule has 1 N–H and O–H groups in total. The van der Waals surface area contributed by atoms with Gasteiger partial charge in [-0.05, 0) is 61.0 Å². The van der Waals surface area contributed by atoms with E-state index in [9.17, 15) is 26.4 Å². The Morgan fingerprint density at radius 3 is 2.34 bits per heavy atom. The summed E-state index contributed by atoms with van der Waals surface area (Å²) in [6.45, 7) is 1.61. The monoisotopic (exact) mass is 505 g/mol. The van der Waals surface area contributed by atoms with Gasteiger partial charge >= 0.3 is 6.18 Å². The summed E-state index contributed by atoms with van der Waals surface area (Å²) in [4.78, 5) is 12.5. The van der Waals surface area contributed by atoms with Gasteiger partial charge in [-0.1, -0.05) is 30.3 Å². The predicted octanol–water partition coefficient (Wildman–Crippen LogP) is 4.45. The minimum absolute atomic E-state index is 0.0509. The second kappa shape index (κ2) is 11.0. The molecule has 0 saturated carbocycles. The van der Waals surface area contributed by atoms with Crippen molar-refractivity contribution >= 4 is 27.8 Å². The SMILES string of the molecule is CCOc1ccc(S(=O)(=O)N(CC(=O)N/N=C/c2cccc(C(F)(F)F)c2)c2ccccc2)cc1. The number of carbonyl (C=O) groups excluding carboxylic acids is 1. The molecule has 0 radical (unpaired) electrons. The molecule has 7 nitrogen and oxygen atoms in total. The van der Waals surface area contributed by atoms with Crippen molar-refractivity contribution in [2.24, 2.45) is 5.10 Å². The van der Waals surface area contributed by atoms with E-state index in [1.165, 1.54) is 48.5 Å². The first-order chi connectivity index (χ1) is 16.6. The molecule has 3 rings (SSSR count). The number of alkyl halides is 3. The van der Waals surface area contributed by atoms with Crippen LogP contribution in [-0.4, -0.2) is 33.7 Å². The third-order valence-corrected chi connectivity index (χ3v) is 6.46. The number of para-hydroxylation sites is 1. The average Bonchev–Trinajstić information content (AvgIpc) is 2.83. The molecule has 0 aliphatic heterocycles. The van der Waals surface area contributed by atoms with Gasteiger partial charge in [-0.2, -0.15) is 18.3 Å². The standard InChI is InChI=1S/C24H22F3N3O4S/c1-2-34-21-11-13-22(14-12-21)35(32,33)30(20-9-4-3-5-10-20)17-23(31)29-28-16-18-7-6-8-19(15-18)24(25,26)27/h3-16H,2,17H2,1H3,(H,29,31)/b28-16+. The number of nitrogens with zero attached hydrogens (tertiary/aromatic N) is 2. The zero-order chi connectivity index (χ0) is 25.5. The molecule has 0 heterocycles. The summed E-state index contributed by atoms with van der Waals surface area (Å²) in [6.07, 6.45) is -3.47. The summed E-state index contributed by atoms with van der Waals surface area (Å²) in [5, 5.41) is 3.67. The number of hydrazone groups is 1. The number of rotatable bonds is 9. The molecule has 3 aromatic rings. The molecule has 0 saturated heterocycles. The summed E-state index contributed by atoms with van der Waals surface area (Å²) in [7, 11) is -4.14. The van der Waals surface area contributed by atoms with Crippen molar-refractivity contribution in [1.29, 1.82) is 0 Å². The average molecular weight is 506 g/mol. The summed E-state index contributed by atoms with van der Waals surface area (Å²) in [6, 6.07) is 18.2. The Bertz CT molecular complexity index is 1280. The number of benzene rings is 3. The zero-order valence-electron chi connectivity index (χ0n) is 18.6. The van der Waals surface area contributed by atoms with Gasteiger partial charge in [-0.15, -0.1) is 0 Å². The molecule has 11 heteroatoms. The van der Waals surface area contributed by atoms with Gasteiger partial charge in [0.25, 0.3) is 15.9 Å². The molecule has 0 atom stereocenters. The fourth-order valence-corrected chi connectivity index (χ4v) is 4.47. The highest BCUT2D eigenvalue weighted by atomic mass is 32.2. The summed E-state index contributed by atoms with van der Waals surface area (Å²) in [5.41, 5.74) is 1.67. The van der Waals surface area contributed by atoms with E-state index in [0.29, 0.717) is 12.4 Å². The van der Waals surface area contributed by atoms with Gasteiger partial charge in [0.15, 0.2) is 0 Å². The Labute approximate surface area is 200 Å². The summed E-state index contributed by atoms with van der Waals surface area (Å²) in [5.74, 6) is -0.286. The third kappa shape index (κ3) is 6.82. The number of anilines is 1. The van der Waals surface area contributed by atoms with E-state index < -0.39 is 34.2 Å². The molecular formula is C24H22F3N3O4S. The maximum absolute atomic E-state index is 13.3. The second-order valence-corrected chi connectivity index (χ2v) is 9.03. The molecule has 0 bridgehead atoms. The molecule has 0 spiro atoms. The van der Waals surface area contributed by atoms with E-state index in [0.717, 1.165) is 22.7 Å². The van der Waals surface area contributed by atoms with Crippen LogP contribution < -0.4 is 14.5 Å². The van der Waals surface area contributed by atoms with Crippen LogP contribution in [0, 0.1) is 0 Å². The number of ether oxygens (including phenoxy) is 1. The van der Waals surface area contributed by atoms with E-state index in [-0.39, 0.29) is 16.1 Å². The minimum atomic E-state index is -4.52. The fourth-order valence-electron chi connectivity index (χ4n) is 3.05. The highest BCUT2D eigenvalue weighted by molar-refractivity contribution is 7.92. The Morgan fingerprint density at radius 2 is 1.71 bits per heavy atom. The van der Waals surface area contributed by atoms with Crippen LogP contribution in [0.2, 0.25) is 0 Å². The second-order valence-electron chi connectivity index (χ2n) is 7.17. The number of nitrogens with one attached hydrogen (secondary N) is 1. The molecule has 0 aliphatic carbocycles. The minimum Gasteiger partial charge on any atom is -0.494 e. The Morgan fingerprint density at radius 1 is 1.03 bits per heavy atom. The van der Waals surface area contributed by atoms with Gasteiger partial charge in [0.2, 0.25) is 0 Å². The number of carbonyl (C=O) groups is 1. The van der Waals surface area contributed by atoms with E-state index >= 15 is 0 Å². The van der Waals surface area contributed by atoms with Crippen LogP contribution in [0.15, 0.2) is 88.9 Å². The highest BCUT2D eigenvalue weighted by Gasteiger charge is 2.30. The van der Waals surface area contributed by atoms with E-state index in [1.807, 2.05) is 0 Å². The number of sulfonamides is 1. The van der Waals surface area contributed by atoms with Crippen LogP contribution in [0.25, 0.3) is 0 Å². The summed E-state index contributed by atoms with van der Waals surface area (Å²) < 4.78 is 71.5. The summed E-state index contributed by atoms with van der Waals surface area (Å²) >= 11 is 0. The maximum atomic E-state index is 13.3. The van der Waals surface area contributed by atoms with Gasteiger partial charge in [-0.3, -0.25) is 9.10 Å². The van der Waals surface area contributed by atoms with Crippen molar-refractivity contribution in [2.45, 2.75) is 18.0 Å². The molecular weight excluding hydrogens is 483 g/mol. The van der Waals surface area contributed by atoms with Crippen LogP contribution >= 0.6 is 0 Å². The Kier molecular flexibility index (Phi) is 8.13. The van der Waals surface area contributed by atoms with Crippen molar-refractivity contribution in [3.8, 4) is 5.75 Å². The number of amides is 1. The van der Waals surface area contributed by atoms with E-state index in [4.69, 9.17) is 4.74 Å². The van der Waals surface area contributed by atoms with Crippen LogP contribution in [-0.2, 0) is 21.0 Å². The molecule has 0 aromatic heterocycles. The van der Waals surface area contributed by atoms with Gasteiger partial charge < -0.3 is 4.74 Å². The lowest BCUT2D eigenvalue weighted by Gasteiger charge is -2.23. The van der Waals surface area contributed by atoms with Crippen LogP contribution in [0.1, 0.15) is 18.1 Å². The van der Waals surface area contributed by atoms with Gasteiger partial charge in [0, 0.05) is 0 Å². The molecule has 35 heavy (non-hydrogen) atoms. The van der Waals surface area contributed by atoms with Crippen molar-refractivity contribution < 1.29 is 31.1 Å². The smallest absolute Gasteiger partial charge is 0.416 e. The molecule has 0 fully saturated rings. The Balaban J connectivity index is 1.79. The van der Waals surface area contributed by atoms with Gasteiger partial charge in [0.05, 0.1) is 29.0 Å². The number of hydrogen-bond acceptors (Lipinski definition) is 5. The van der Waals surface area contributed by atoms with Crippen LogP contribution in [0.5, 0.6) is 5.75 Å². The lowest BCUT2D eigenvalue weighted by molar-refractivity contribution is -0.137. The molecule has 184 valence electrons. The van der Waals surface area contributed by atoms with Crippen molar-refractivity contribution in [3.63, 3.8) is 0 Å². The molecule has 1 amide bonds. The lowest BCUT2D eigenvalue weighted by atomic mass is 10.1. The topological polar surface area (TPSA) is 88.1 Å². The maximum Gasteiger partial charge on any atom is 0.416 e. The first kappa shape index (κ1) is 25.8. The molecule has 3 aromatic carbocycles. The van der Waals surface area contributed by atoms with Gasteiger partial charge in [0.1, 0.15) is 12.3 Å². The van der Waals surface area contributed by atoms with Gasteiger partial charge in [-0.25, -0.2) is 13.8 Å². The fraction of sp³-hybridized carbons (Fsp3) is 0.167. The lowest BCUT2D eigenvalue weighted by Crippen LogP contribution is -2.39. The highest BCUT2D eigenvalue weighted by Crippen LogP contribution is 2.29. The van der Waals surface area contributed by atoms with E-state index in [2.05, 4.69) is 10.5 Å². The number of halogens is 3. The number of hydrogen-bond donors (Lipinski definition) is 1. The first-order valence-corrected chi connectivity index (χ1v) is 11.8. The predicted molar refractivity (Wildman–Crippen MR) is 126 cm³/mol. The normalized spacial score (nSPS) is 11.9. The van der Waals surface area contributed by atoms with Crippen molar-refractivity contribution in [3.05, 3.63) is 90.0 Å². The molecule has 0 aliphatic rings. The van der Waals surface area contributed by atoms with Crippen LogP contribution in [0.4, 0.5) is 18.9 Å².